The van der Waals surface area contributed by atoms with Crippen molar-refractivity contribution in [3.8, 4) is 11.8 Å². The number of rotatable bonds is 5. The fourth-order valence-electron chi connectivity index (χ4n) is 2.89. The van der Waals surface area contributed by atoms with Gasteiger partial charge in [-0.3, -0.25) is 0 Å². The number of hydrogen-bond acceptors (Lipinski definition) is 5. The summed E-state index contributed by atoms with van der Waals surface area (Å²) in [5, 5.41) is 15.3. The third-order valence-electron chi connectivity index (χ3n) is 4.59. The second-order valence-electron chi connectivity index (χ2n) is 6.47. The summed E-state index contributed by atoms with van der Waals surface area (Å²) in [4.78, 5) is 11.5. The van der Waals surface area contributed by atoms with Crippen molar-refractivity contribution in [2.24, 2.45) is 5.92 Å². The largest absolute Gasteiger partial charge is 0.382 e. The zero-order valence-corrected chi connectivity index (χ0v) is 15.8. The van der Waals surface area contributed by atoms with Crippen molar-refractivity contribution in [2.75, 3.05) is 0 Å². The summed E-state index contributed by atoms with van der Waals surface area (Å²) in [6, 6.07) is 2.88. The van der Waals surface area contributed by atoms with Crippen molar-refractivity contribution >= 4 is 0 Å². The average Bonchev–Trinajstić information content (AvgIpc) is 3.19. The highest BCUT2D eigenvalue weighted by molar-refractivity contribution is 5.34. The number of hydrogen-bond donors (Lipinski definition) is 1. The van der Waals surface area contributed by atoms with Gasteiger partial charge in [0.05, 0.1) is 18.2 Å². The molecule has 29 heavy (non-hydrogen) atoms. The Labute approximate surface area is 165 Å². The Morgan fingerprint density at radius 1 is 1.21 bits per heavy atom. The quantitative estimate of drug-likeness (QED) is 0.665. The zero-order chi connectivity index (χ0) is 21.0. The van der Waals surface area contributed by atoms with Gasteiger partial charge >= 0.3 is 0 Å². The van der Waals surface area contributed by atoms with Crippen LogP contribution in [0.25, 0.3) is 0 Å². The van der Waals surface area contributed by atoms with Crippen LogP contribution in [0.1, 0.15) is 30.8 Å². The standard InChI is InChI=1S/C20H18F3N5O/c1-3-17-19(23)18(26-11-25-17)7-4-13(2)20(29,9-28-12-24-10-27-28)15-6-5-14(21)8-16(15)22/h5-6,8,10-13,29H,3,9H2,1-2H3/t13-,20+/m0/s1. The first-order chi connectivity index (χ1) is 13.8. The zero-order valence-electron chi connectivity index (χ0n) is 15.8. The first-order valence-corrected chi connectivity index (χ1v) is 8.86. The van der Waals surface area contributed by atoms with Gasteiger partial charge in [0, 0.05) is 11.6 Å². The van der Waals surface area contributed by atoms with Crippen LogP contribution < -0.4 is 0 Å². The Bertz CT molecular complexity index is 1060. The highest BCUT2D eigenvalue weighted by Gasteiger charge is 2.38. The maximum Gasteiger partial charge on any atom is 0.178 e. The third kappa shape index (κ3) is 4.27. The van der Waals surface area contributed by atoms with E-state index in [1.165, 1.54) is 23.7 Å². The molecule has 0 bridgehead atoms. The molecule has 6 nitrogen and oxygen atoms in total. The van der Waals surface area contributed by atoms with Crippen LogP contribution in [0, 0.1) is 35.2 Å². The summed E-state index contributed by atoms with van der Waals surface area (Å²) in [6.45, 7) is 3.10. The molecule has 3 aromatic rings. The molecule has 0 fully saturated rings. The van der Waals surface area contributed by atoms with Crippen LogP contribution in [-0.2, 0) is 18.6 Å². The van der Waals surface area contributed by atoms with Crippen LogP contribution in [-0.4, -0.2) is 29.8 Å². The summed E-state index contributed by atoms with van der Waals surface area (Å²) >= 11 is 0. The molecule has 0 spiro atoms. The minimum absolute atomic E-state index is 0.119. The Balaban J connectivity index is 2.03. The first-order valence-electron chi connectivity index (χ1n) is 8.86. The predicted molar refractivity (Wildman–Crippen MR) is 97.7 cm³/mol. The summed E-state index contributed by atoms with van der Waals surface area (Å²) < 4.78 is 43.5. The smallest absolute Gasteiger partial charge is 0.178 e. The maximum atomic E-state index is 14.5. The topological polar surface area (TPSA) is 76.7 Å². The minimum atomic E-state index is -1.89. The second kappa shape index (κ2) is 8.41. The third-order valence-corrected chi connectivity index (χ3v) is 4.59. The van der Waals surface area contributed by atoms with Gasteiger partial charge < -0.3 is 5.11 Å². The lowest BCUT2D eigenvalue weighted by Gasteiger charge is -2.32. The van der Waals surface area contributed by atoms with Gasteiger partial charge in [-0.2, -0.15) is 5.10 Å². The average molecular weight is 401 g/mol. The molecule has 0 aliphatic carbocycles. The fourth-order valence-corrected chi connectivity index (χ4v) is 2.89. The van der Waals surface area contributed by atoms with E-state index in [2.05, 4.69) is 31.9 Å². The van der Waals surface area contributed by atoms with Crippen molar-refractivity contribution in [1.29, 1.82) is 0 Å². The molecule has 1 N–H and O–H groups in total. The van der Waals surface area contributed by atoms with Crippen molar-refractivity contribution < 1.29 is 18.3 Å². The Morgan fingerprint density at radius 2 is 2.00 bits per heavy atom. The van der Waals surface area contributed by atoms with E-state index in [1.54, 1.807) is 13.8 Å². The summed E-state index contributed by atoms with van der Waals surface area (Å²) in [6.07, 6.45) is 4.19. The van der Waals surface area contributed by atoms with Crippen molar-refractivity contribution in [1.82, 2.24) is 24.7 Å². The fraction of sp³-hybridized carbons (Fsp3) is 0.300. The lowest BCUT2D eigenvalue weighted by atomic mass is 9.82. The van der Waals surface area contributed by atoms with E-state index in [4.69, 9.17) is 0 Å². The van der Waals surface area contributed by atoms with E-state index in [0.29, 0.717) is 12.5 Å². The van der Waals surface area contributed by atoms with Crippen LogP contribution in [0.2, 0.25) is 0 Å². The van der Waals surface area contributed by atoms with E-state index in [1.807, 2.05) is 0 Å². The summed E-state index contributed by atoms with van der Waals surface area (Å²) in [5.74, 6) is 2.09. The van der Waals surface area contributed by atoms with Gasteiger partial charge in [0.25, 0.3) is 0 Å². The Hall–Kier alpha value is -3.25. The van der Waals surface area contributed by atoms with Crippen molar-refractivity contribution in [2.45, 2.75) is 32.4 Å². The monoisotopic (exact) mass is 401 g/mol. The molecule has 0 aliphatic heterocycles. The number of halogens is 3. The predicted octanol–water partition coefficient (Wildman–Crippen LogP) is 2.62. The number of aromatic nitrogens is 5. The van der Waals surface area contributed by atoms with Gasteiger partial charge in [-0.05, 0) is 25.3 Å². The van der Waals surface area contributed by atoms with E-state index < -0.39 is 29.0 Å². The van der Waals surface area contributed by atoms with E-state index in [0.717, 1.165) is 12.1 Å². The van der Waals surface area contributed by atoms with Gasteiger partial charge in [0.1, 0.15) is 36.2 Å². The van der Waals surface area contributed by atoms with Gasteiger partial charge in [0.2, 0.25) is 0 Å². The molecule has 2 heterocycles. The Morgan fingerprint density at radius 3 is 2.66 bits per heavy atom. The van der Waals surface area contributed by atoms with Gasteiger partial charge in [-0.25, -0.2) is 32.8 Å². The van der Waals surface area contributed by atoms with Gasteiger partial charge in [0.15, 0.2) is 11.5 Å². The molecule has 0 saturated heterocycles. The van der Waals surface area contributed by atoms with Crippen molar-refractivity contribution in [3.63, 3.8) is 0 Å². The van der Waals surface area contributed by atoms with E-state index in [-0.39, 0.29) is 23.5 Å². The molecule has 0 amide bonds. The number of aliphatic hydroxyl groups is 1. The lowest BCUT2D eigenvalue weighted by molar-refractivity contribution is -0.0191. The molecule has 0 aliphatic rings. The highest BCUT2D eigenvalue weighted by Crippen LogP contribution is 2.33. The molecule has 0 saturated carbocycles. The van der Waals surface area contributed by atoms with Crippen LogP contribution in [0.3, 0.4) is 0 Å². The van der Waals surface area contributed by atoms with Crippen LogP contribution in [0.4, 0.5) is 13.2 Å². The molecule has 9 heteroatoms. The first kappa shape index (κ1) is 20.5. The molecule has 150 valence electrons. The SMILES string of the molecule is CCc1ncnc(C#C[C@H](C)[C@](O)(Cn2cncn2)c2ccc(F)cc2F)c1F. The minimum Gasteiger partial charge on any atom is -0.382 e. The van der Waals surface area contributed by atoms with Crippen LogP contribution in [0.5, 0.6) is 0 Å². The molecule has 0 unspecified atom stereocenters. The van der Waals surface area contributed by atoms with Crippen LogP contribution in [0.15, 0.2) is 37.2 Å². The van der Waals surface area contributed by atoms with E-state index >= 15 is 0 Å². The molecule has 2 aromatic heterocycles. The van der Waals surface area contributed by atoms with Gasteiger partial charge in [-0.1, -0.05) is 18.9 Å². The normalized spacial score (nSPS) is 14.0. The maximum absolute atomic E-state index is 14.5. The number of aryl methyl sites for hydroxylation is 1. The highest BCUT2D eigenvalue weighted by atomic mass is 19.1. The molecule has 3 rings (SSSR count). The van der Waals surface area contributed by atoms with E-state index in [9.17, 15) is 18.3 Å². The molecular formula is C20H18F3N5O. The number of nitrogens with zero attached hydrogens (tertiary/aromatic N) is 5. The molecular weight excluding hydrogens is 383 g/mol. The summed E-state index contributed by atoms with van der Waals surface area (Å²) in [7, 11) is 0. The van der Waals surface area contributed by atoms with Crippen LogP contribution >= 0.6 is 0 Å². The Kier molecular flexibility index (Phi) is 5.94. The summed E-state index contributed by atoms with van der Waals surface area (Å²) in [5.41, 5.74) is -1.95. The van der Waals surface area contributed by atoms with Gasteiger partial charge in [-0.15, -0.1) is 0 Å². The molecule has 2 atom stereocenters. The second-order valence-corrected chi connectivity index (χ2v) is 6.47. The lowest BCUT2D eigenvalue weighted by Crippen LogP contribution is -2.39. The van der Waals surface area contributed by atoms with Crippen molar-refractivity contribution in [3.05, 3.63) is 71.6 Å². The molecule has 0 radical (unpaired) electrons. The number of benzene rings is 1. The molecule has 1 aromatic carbocycles.